The molecule has 0 N–H and O–H groups in total. The number of benzene rings is 4. The predicted octanol–water partition coefficient (Wildman–Crippen LogP) is 12.6. The molecule has 2 aliphatic rings. The summed E-state index contributed by atoms with van der Waals surface area (Å²) in [7, 11) is 0. The van der Waals surface area contributed by atoms with Crippen LogP contribution in [0.4, 0.5) is 0 Å². The molecule has 0 saturated carbocycles. The number of hydrogen-bond donors (Lipinski definition) is 0. The monoisotopic (exact) mass is 746 g/mol. The molecule has 0 heterocycles. The molecular weight excluding hydrogens is 695 g/mol. The summed E-state index contributed by atoms with van der Waals surface area (Å²) in [5, 5.41) is 0. The molecule has 0 nitrogen and oxygen atoms in total. The van der Waals surface area contributed by atoms with Crippen LogP contribution in [0.25, 0.3) is 34.4 Å². The minimum atomic E-state index is -4.06. The summed E-state index contributed by atoms with van der Waals surface area (Å²) in [4.78, 5) is 0. The van der Waals surface area contributed by atoms with Crippen molar-refractivity contribution in [2.45, 2.75) is 83.9 Å². The molecule has 4 aromatic rings. The van der Waals surface area contributed by atoms with E-state index in [0.29, 0.717) is 7.35 Å². The third-order valence-corrected chi connectivity index (χ3v) is 38.5. The fraction of sp³-hybridized carbons (Fsp3) is 0.326. The van der Waals surface area contributed by atoms with Gasteiger partial charge in [0.05, 0.1) is 0 Å². The van der Waals surface area contributed by atoms with Gasteiger partial charge in [-0.25, -0.2) is 0 Å². The molecule has 226 valence electrons. The van der Waals surface area contributed by atoms with E-state index < -0.39 is 18.0 Å². The Morgan fingerprint density at radius 3 is 1.41 bits per heavy atom. The van der Waals surface area contributed by atoms with Gasteiger partial charge in [0.15, 0.2) is 0 Å². The quantitative estimate of drug-likeness (QED) is 0.158. The molecule has 0 bridgehead atoms. The summed E-state index contributed by atoms with van der Waals surface area (Å²) >= 11 is -4.06. The fourth-order valence-corrected chi connectivity index (χ4v) is 34.5. The van der Waals surface area contributed by atoms with Crippen LogP contribution in [0.2, 0.25) is 9.36 Å². The molecule has 0 spiro atoms. The van der Waals surface area contributed by atoms with E-state index in [1.807, 2.05) is 3.26 Å². The van der Waals surface area contributed by atoms with Crippen molar-refractivity contribution >= 4 is 15.4 Å². The first-order chi connectivity index (χ1) is 21.1. The third kappa shape index (κ3) is 4.95. The summed E-state index contributed by atoms with van der Waals surface area (Å²) in [6.45, 7) is 13.7. The average molecular weight is 745 g/mol. The molecule has 0 aliphatic heterocycles. The van der Waals surface area contributed by atoms with Crippen LogP contribution in [0, 0.1) is 27.7 Å². The second kappa shape index (κ2) is 11.8. The summed E-state index contributed by atoms with van der Waals surface area (Å²) in [6.07, 6.45) is 15.3. The van der Waals surface area contributed by atoms with Gasteiger partial charge in [0.1, 0.15) is 0 Å². The molecule has 0 radical (unpaired) electrons. The molecule has 0 amide bonds. The van der Waals surface area contributed by atoms with Crippen LogP contribution in [0.1, 0.15) is 91.4 Å². The zero-order chi connectivity index (χ0) is 31.2. The van der Waals surface area contributed by atoms with Crippen LogP contribution in [0.5, 0.6) is 0 Å². The SMILES string of the molecule is CCC[C](CCC)=[Hf]([CH3])([CH3])([CH]1C=Cc2c(-c3cc(C)ccc3C)cccc21)[CH]1C=Cc2c(-c3cc(C)ccc3C)cccc21. The standard InChI is InChI=1S/2C17H15.C7H14.2CH3.Hf/c2*1-12-9-10-13(2)17(11-12)16-8-4-6-14-5-3-7-15(14)16;1-3-5-7-6-4-2;;;/h2*3-11H,1-2H3;3-6H2,1-2H3;2*1H3;. The maximum atomic E-state index is 2.83. The molecule has 2 unspecified atom stereocenters. The zero-order valence-electron chi connectivity index (χ0n) is 28.2. The number of allylic oxidation sites excluding steroid dienone is 2. The molecule has 0 fully saturated rings. The van der Waals surface area contributed by atoms with E-state index in [1.54, 1.807) is 11.1 Å². The Balaban J connectivity index is 1.59. The number of fused-ring (bicyclic) bond motifs is 2. The molecule has 0 saturated heterocycles. The first kappa shape index (κ1) is 31.1. The van der Waals surface area contributed by atoms with E-state index in [4.69, 9.17) is 0 Å². The van der Waals surface area contributed by atoms with Crippen molar-refractivity contribution in [1.29, 1.82) is 0 Å². The second-order valence-corrected chi connectivity index (χ2v) is 40.4. The van der Waals surface area contributed by atoms with Crippen molar-refractivity contribution in [3.8, 4) is 22.3 Å². The van der Waals surface area contributed by atoms with E-state index in [0.717, 1.165) is 0 Å². The minimum absolute atomic E-state index is 0.491. The molecule has 1 heteroatoms. The van der Waals surface area contributed by atoms with Gasteiger partial charge in [-0.2, -0.15) is 0 Å². The summed E-state index contributed by atoms with van der Waals surface area (Å²) in [6, 6.07) is 28.1. The second-order valence-electron chi connectivity index (χ2n) is 14.6. The Kier molecular flexibility index (Phi) is 8.34. The Morgan fingerprint density at radius 2 is 1.00 bits per heavy atom. The van der Waals surface area contributed by atoms with Crippen LogP contribution >= 0.6 is 0 Å². The number of hydrogen-bond acceptors (Lipinski definition) is 0. The van der Waals surface area contributed by atoms with Crippen LogP contribution in [0.3, 0.4) is 0 Å². The van der Waals surface area contributed by atoms with Crippen LogP contribution < -0.4 is 0 Å². The van der Waals surface area contributed by atoms with Crippen LogP contribution in [0.15, 0.2) is 84.9 Å². The van der Waals surface area contributed by atoms with E-state index in [1.165, 1.54) is 81.3 Å². The first-order valence-electron chi connectivity index (χ1n) is 16.9. The summed E-state index contributed by atoms with van der Waals surface area (Å²) in [5.41, 5.74) is 17.0. The molecule has 4 aromatic carbocycles. The molecule has 2 atom stereocenters. The topological polar surface area (TPSA) is 0 Å². The van der Waals surface area contributed by atoms with Gasteiger partial charge in [0.2, 0.25) is 0 Å². The van der Waals surface area contributed by atoms with Crippen molar-refractivity contribution in [1.82, 2.24) is 0 Å². The Labute approximate surface area is 267 Å². The number of aryl methyl sites for hydroxylation is 4. The molecule has 44 heavy (non-hydrogen) atoms. The predicted molar refractivity (Wildman–Crippen MR) is 193 cm³/mol. The van der Waals surface area contributed by atoms with Gasteiger partial charge in [-0.05, 0) is 0 Å². The van der Waals surface area contributed by atoms with Crippen molar-refractivity contribution in [2.24, 2.45) is 0 Å². The number of rotatable bonds is 8. The Hall–Kier alpha value is -2.90. The average Bonchev–Trinajstić information content (AvgIpc) is 3.66. The van der Waals surface area contributed by atoms with Crippen molar-refractivity contribution in [3.05, 3.63) is 129 Å². The van der Waals surface area contributed by atoms with Crippen molar-refractivity contribution in [3.63, 3.8) is 0 Å². The molecule has 2 aliphatic carbocycles. The third-order valence-electron chi connectivity index (χ3n) is 11.4. The molecular formula is C43H50Hf. The normalized spacial score (nSPS) is 17.2. The van der Waals surface area contributed by atoms with E-state index in [9.17, 15) is 0 Å². The van der Waals surface area contributed by atoms with E-state index in [2.05, 4.69) is 148 Å². The summed E-state index contributed by atoms with van der Waals surface area (Å²) < 4.78 is 8.57. The fourth-order valence-electron chi connectivity index (χ4n) is 8.89. The van der Waals surface area contributed by atoms with Gasteiger partial charge in [0, 0.05) is 0 Å². The Bertz CT molecular complexity index is 1760. The zero-order valence-corrected chi connectivity index (χ0v) is 31.8. The van der Waals surface area contributed by atoms with Crippen LogP contribution in [-0.2, 0) is 18.0 Å². The van der Waals surface area contributed by atoms with E-state index >= 15 is 0 Å². The van der Waals surface area contributed by atoms with E-state index in [-0.39, 0.29) is 0 Å². The van der Waals surface area contributed by atoms with Crippen molar-refractivity contribution in [2.75, 3.05) is 0 Å². The molecule has 0 aromatic heterocycles. The van der Waals surface area contributed by atoms with Gasteiger partial charge >= 0.3 is 269 Å². The summed E-state index contributed by atoms with van der Waals surface area (Å²) in [5.74, 6) is 0. The van der Waals surface area contributed by atoms with Gasteiger partial charge in [-0.15, -0.1) is 0 Å². The van der Waals surface area contributed by atoms with Gasteiger partial charge in [-0.3, -0.25) is 0 Å². The molecule has 6 rings (SSSR count). The van der Waals surface area contributed by atoms with Gasteiger partial charge < -0.3 is 0 Å². The first-order valence-corrected chi connectivity index (χ1v) is 30.0. The van der Waals surface area contributed by atoms with Gasteiger partial charge in [0.25, 0.3) is 0 Å². The van der Waals surface area contributed by atoms with Crippen molar-refractivity contribution < 1.29 is 18.0 Å². The maximum absolute atomic E-state index is 4.06. The van der Waals surface area contributed by atoms with Crippen LogP contribution in [-0.4, -0.2) is 3.26 Å². The Morgan fingerprint density at radius 1 is 0.568 bits per heavy atom. The van der Waals surface area contributed by atoms with Gasteiger partial charge in [-0.1, -0.05) is 0 Å².